The van der Waals surface area contributed by atoms with Gasteiger partial charge >= 0.3 is 0 Å². The summed E-state index contributed by atoms with van der Waals surface area (Å²) in [5.74, 6) is -0.837. The molecule has 3 rings (SSSR count). The van der Waals surface area contributed by atoms with E-state index in [0.29, 0.717) is 5.03 Å². The van der Waals surface area contributed by atoms with Gasteiger partial charge in [0.1, 0.15) is 10.8 Å². The first-order valence-corrected chi connectivity index (χ1v) is 8.46. The topological polar surface area (TPSA) is 97.1 Å². The summed E-state index contributed by atoms with van der Waals surface area (Å²) in [6.07, 6.45) is 1.40. The summed E-state index contributed by atoms with van der Waals surface area (Å²) in [6, 6.07) is 12.2. The van der Waals surface area contributed by atoms with Crippen molar-refractivity contribution >= 4 is 35.1 Å². The Morgan fingerprint density at radius 3 is 2.58 bits per heavy atom. The van der Waals surface area contributed by atoms with E-state index < -0.39 is 11.7 Å². The van der Waals surface area contributed by atoms with Crippen molar-refractivity contribution in [1.29, 1.82) is 0 Å². The Bertz CT molecular complexity index is 901. The fourth-order valence-electron chi connectivity index (χ4n) is 1.94. The van der Waals surface area contributed by atoms with Crippen molar-refractivity contribution in [3.05, 3.63) is 66.4 Å². The van der Waals surface area contributed by atoms with Crippen molar-refractivity contribution in [2.24, 2.45) is 0 Å². The lowest BCUT2D eigenvalue weighted by Gasteiger charge is -2.06. The van der Waals surface area contributed by atoms with Crippen LogP contribution in [0.25, 0.3) is 0 Å². The molecule has 1 aromatic carbocycles. The summed E-state index contributed by atoms with van der Waals surface area (Å²) < 4.78 is 18.5. The van der Waals surface area contributed by atoms with Crippen LogP contribution in [-0.2, 0) is 4.79 Å². The monoisotopic (exact) mass is 372 g/mol. The van der Waals surface area contributed by atoms with E-state index in [2.05, 4.69) is 20.8 Å². The van der Waals surface area contributed by atoms with Gasteiger partial charge in [-0.2, -0.15) is 0 Å². The van der Waals surface area contributed by atoms with Crippen LogP contribution >= 0.6 is 11.8 Å². The summed E-state index contributed by atoms with van der Waals surface area (Å²) in [6.45, 7) is 0. The Morgan fingerprint density at radius 1 is 1.04 bits per heavy atom. The number of halogens is 1. The first-order chi connectivity index (χ1) is 12.6. The SMILES string of the molecule is O=C(CSc1ccc(NC(=O)c2ccco2)nn1)Nc1ccccc1F. The molecule has 0 aliphatic heterocycles. The molecule has 0 spiro atoms. The molecule has 2 N–H and O–H groups in total. The highest BCUT2D eigenvalue weighted by Gasteiger charge is 2.11. The normalized spacial score (nSPS) is 10.3. The molecule has 132 valence electrons. The number of anilines is 2. The predicted molar refractivity (Wildman–Crippen MR) is 94.4 cm³/mol. The molecule has 0 unspecified atom stereocenters. The van der Waals surface area contributed by atoms with Crippen molar-refractivity contribution < 1.29 is 18.4 Å². The van der Waals surface area contributed by atoms with Crippen LogP contribution in [0.5, 0.6) is 0 Å². The first-order valence-electron chi connectivity index (χ1n) is 7.47. The third kappa shape index (κ3) is 4.67. The third-order valence-corrected chi connectivity index (χ3v) is 4.05. The number of furan rings is 1. The number of thioether (sulfide) groups is 1. The Kier molecular flexibility index (Phi) is 5.59. The summed E-state index contributed by atoms with van der Waals surface area (Å²) in [4.78, 5) is 23.7. The molecule has 2 heterocycles. The Labute approximate surface area is 152 Å². The van der Waals surface area contributed by atoms with Gasteiger partial charge in [-0.05, 0) is 36.4 Å². The van der Waals surface area contributed by atoms with Gasteiger partial charge in [-0.15, -0.1) is 10.2 Å². The number of nitrogens with zero attached hydrogens (tertiary/aromatic N) is 2. The lowest BCUT2D eigenvalue weighted by atomic mass is 10.3. The lowest BCUT2D eigenvalue weighted by molar-refractivity contribution is -0.113. The molecule has 0 aliphatic carbocycles. The van der Waals surface area contributed by atoms with E-state index in [-0.39, 0.29) is 28.9 Å². The number of hydrogen-bond donors (Lipinski definition) is 2. The smallest absolute Gasteiger partial charge is 0.292 e. The van der Waals surface area contributed by atoms with Crippen LogP contribution in [0.2, 0.25) is 0 Å². The molecule has 0 aliphatic rings. The zero-order valence-electron chi connectivity index (χ0n) is 13.3. The van der Waals surface area contributed by atoms with Crippen molar-refractivity contribution in [2.45, 2.75) is 5.03 Å². The average molecular weight is 372 g/mol. The van der Waals surface area contributed by atoms with E-state index in [4.69, 9.17) is 4.42 Å². The molecule has 9 heteroatoms. The summed E-state index contributed by atoms with van der Waals surface area (Å²) in [7, 11) is 0. The van der Waals surface area contributed by atoms with Crippen LogP contribution in [0.3, 0.4) is 0 Å². The van der Waals surface area contributed by atoms with Crippen LogP contribution in [0, 0.1) is 5.82 Å². The van der Waals surface area contributed by atoms with Gasteiger partial charge in [0.15, 0.2) is 11.6 Å². The van der Waals surface area contributed by atoms with Crippen LogP contribution in [0.4, 0.5) is 15.9 Å². The number of benzene rings is 1. The maximum atomic E-state index is 13.5. The van der Waals surface area contributed by atoms with E-state index in [1.165, 1.54) is 24.5 Å². The Hall–Kier alpha value is -3.20. The van der Waals surface area contributed by atoms with Crippen molar-refractivity contribution in [1.82, 2.24) is 10.2 Å². The van der Waals surface area contributed by atoms with E-state index in [9.17, 15) is 14.0 Å². The Balaban J connectivity index is 1.50. The zero-order valence-corrected chi connectivity index (χ0v) is 14.1. The summed E-state index contributed by atoms with van der Waals surface area (Å²) in [5, 5.41) is 13.3. The fraction of sp³-hybridized carbons (Fsp3) is 0.0588. The molecule has 0 bridgehead atoms. The highest BCUT2D eigenvalue weighted by atomic mass is 32.2. The van der Waals surface area contributed by atoms with Crippen LogP contribution in [0.15, 0.2) is 64.2 Å². The van der Waals surface area contributed by atoms with Gasteiger partial charge < -0.3 is 15.1 Å². The van der Waals surface area contributed by atoms with Crippen molar-refractivity contribution in [3.63, 3.8) is 0 Å². The van der Waals surface area contributed by atoms with Crippen molar-refractivity contribution in [3.8, 4) is 0 Å². The Morgan fingerprint density at radius 2 is 1.88 bits per heavy atom. The average Bonchev–Trinajstić information content (AvgIpc) is 3.18. The van der Waals surface area contributed by atoms with E-state index in [0.717, 1.165) is 11.8 Å². The molecule has 2 amide bonds. The molecule has 2 aromatic heterocycles. The second kappa shape index (κ2) is 8.26. The first kappa shape index (κ1) is 17.6. The molecular formula is C17H13FN4O3S. The van der Waals surface area contributed by atoms with Crippen LogP contribution < -0.4 is 10.6 Å². The minimum atomic E-state index is -0.498. The third-order valence-electron chi connectivity index (χ3n) is 3.13. The van der Waals surface area contributed by atoms with E-state index in [1.807, 2.05) is 0 Å². The number of rotatable bonds is 6. The number of aromatic nitrogens is 2. The number of carbonyl (C=O) groups is 2. The van der Waals surface area contributed by atoms with Crippen LogP contribution in [0.1, 0.15) is 10.6 Å². The molecule has 0 radical (unpaired) electrons. The lowest BCUT2D eigenvalue weighted by Crippen LogP contribution is -2.15. The number of hydrogen-bond acceptors (Lipinski definition) is 6. The highest BCUT2D eigenvalue weighted by molar-refractivity contribution is 7.99. The highest BCUT2D eigenvalue weighted by Crippen LogP contribution is 2.17. The number of nitrogens with one attached hydrogen (secondary N) is 2. The molecule has 0 saturated carbocycles. The molecule has 0 saturated heterocycles. The number of para-hydroxylation sites is 1. The van der Waals surface area contributed by atoms with Gasteiger partial charge in [0.25, 0.3) is 5.91 Å². The maximum Gasteiger partial charge on any atom is 0.292 e. The quantitative estimate of drug-likeness (QED) is 0.645. The van der Waals surface area contributed by atoms with E-state index >= 15 is 0 Å². The predicted octanol–water partition coefficient (Wildman–Crippen LogP) is 3.19. The van der Waals surface area contributed by atoms with Crippen molar-refractivity contribution in [2.75, 3.05) is 16.4 Å². The fourth-order valence-corrected chi connectivity index (χ4v) is 2.55. The van der Waals surface area contributed by atoms with Gasteiger partial charge in [-0.1, -0.05) is 23.9 Å². The minimum absolute atomic E-state index is 0.0428. The van der Waals surface area contributed by atoms with Gasteiger partial charge in [-0.25, -0.2) is 4.39 Å². The second-order valence-electron chi connectivity index (χ2n) is 5.00. The number of carbonyl (C=O) groups excluding carboxylic acids is 2. The number of amides is 2. The van der Waals surface area contributed by atoms with Gasteiger partial charge in [0.05, 0.1) is 17.7 Å². The molecule has 3 aromatic rings. The summed E-state index contributed by atoms with van der Waals surface area (Å²) in [5.41, 5.74) is 0.125. The molecule has 0 atom stereocenters. The molecule has 26 heavy (non-hydrogen) atoms. The standard InChI is InChI=1S/C17H13FN4O3S/c18-11-4-1-2-5-12(11)19-15(23)10-26-16-8-7-14(21-22-16)20-17(24)13-6-3-9-25-13/h1-9H,10H2,(H,19,23)(H,20,21,24). The zero-order chi connectivity index (χ0) is 18.4. The van der Waals surface area contributed by atoms with Gasteiger partial charge in [0.2, 0.25) is 5.91 Å². The van der Waals surface area contributed by atoms with Gasteiger partial charge in [0, 0.05) is 0 Å². The largest absolute Gasteiger partial charge is 0.459 e. The van der Waals surface area contributed by atoms with Crippen LogP contribution in [-0.4, -0.2) is 27.8 Å². The van der Waals surface area contributed by atoms with E-state index in [1.54, 1.807) is 30.3 Å². The minimum Gasteiger partial charge on any atom is -0.459 e. The molecule has 7 nitrogen and oxygen atoms in total. The molecule has 0 fully saturated rings. The van der Waals surface area contributed by atoms with Gasteiger partial charge in [-0.3, -0.25) is 9.59 Å². The molecular weight excluding hydrogens is 359 g/mol. The second-order valence-corrected chi connectivity index (χ2v) is 6.00. The summed E-state index contributed by atoms with van der Waals surface area (Å²) >= 11 is 1.14. The maximum absolute atomic E-state index is 13.5.